The van der Waals surface area contributed by atoms with E-state index in [1.165, 1.54) is 23.5 Å². The quantitative estimate of drug-likeness (QED) is 0.499. The van der Waals surface area contributed by atoms with Crippen LogP contribution in [0.1, 0.15) is 16.1 Å². The molecule has 0 saturated carbocycles. The Labute approximate surface area is 156 Å². The molecular weight excluding hydrogens is 375 g/mol. The number of nitrogens with one attached hydrogen (secondary N) is 2. The number of thiazole rings is 1. The van der Waals surface area contributed by atoms with Gasteiger partial charge in [0.15, 0.2) is 10.3 Å². The van der Waals surface area contributed by atoms with Crippen molar-refractivity contribution in [3.8, 4) is 0 Å². The van der Waals surface area contributed by atoms with Gasteiger partial charge in [-0.1, -0.05) is 30.0 Å². The van der Waals surface area contributed by atoms with Gasteiger partial charge in [0.25, 0.3) is 5.56 Å². The van der Waals surface area contributed by atoms with Gasteiger partial charge in [-0.15, -0.1) is 11.3 Å². The van der Waals surface area contributed by atoms with Crippen LogP contribution in [-0.2, 0) is 11.2 Å². The molecule has 0 saturated heterocycles. The minimum Gasteiger partial charge on any atom is -0.301 e. The van der Waals surface area contributed by atoms with E-state index in [-0.39, 0.29) is 23.0 Å². The number of H-pyrrole nitrogens is 1. The smallest absolute Gasteiger partial charge is 0.251 e. The number of anilines is 1. The van der Waals surface area contributed by atoms with Gasteiger partial charge in [0.1, 0.15) is 5.82 Å². The van der Waals surface area contributed by atoms with Crippen LogP contribution in [0.5, 0.6) is 0 Å². The summed E-state index contributed by atoms with van der Waals surface area (Å²) in [6, 6.07) is 7.95. The molecule has 1 amide bonds. The average Bonchev–Trinajstić information content (AvgIpc) is 3.01. The number of rotatable bonds is 6. The summed E-state index contributed by atoms with van der Waals surface area (Å²) in [7, 11) is 0. The molecule has 6 nitrogen and oxygen atoms in total. The Morgan fingerprint density at radius 3 is 2.96 bits per heavy atom. The third kappa shape index (κ3) is 4.99. The van der Waals surface area contributed by atoms with E-state index in [9.17, 15) is 14.0 Å². The van der Waals surface area contributed by atoms with Crippen molar-refractivity contribution in [2.24, 2.45) is 0 Å². The molecule has 0 aliphatic carbocycles. The highest BCUT2D eigenvalue weighted by molar-refractivity contribution is 7.99. The fourth-order valence-corrected chi connectivity index (χ4v) is 3.76. The third-order valence-corrected chi connectivity index (χ3v) is 5.10. The Morgan fingerprint density at radius 2 is 2.19 bits per heavy atom. The lowest BCUT2D eigenvalue weighted by Gasteiger charge is -2.02. The summed E-state index contributed by atoms with van der Waals surface area (Å²) in [5, 5.41) is 3.54. The molecule has 9 heteroatoms. The summed E-state index contributed by atoms with van der Waals surface area (Å²) in [5.41, 5.74) is 0.923. The molecule has 0 fully saturated rings. The van der Waals surface area contributed by atoms with E-state index in [4.69, 9.17) is 0 Å². The van der Waals surface area contributed by atoms with E-state index >= 15 is 0 Å². The largest absolute Gasteiger partial charge is 0.301 e. The molecule has 2 N–H and O–H groups in total. The van der Waals surface area contributed by atoms with Crippen LogP contribution in [0.4, 0.5) is 9.52 Å². The van der Waals surface area contributed by atoms with Crippen molar-refractivity contribution in [3.63, 3.8) is 0 Å². The molecule has 0 radical (unpaired) electrons. The molecule has 0 atom stereocenters. The topological polar surface area (TPSA) is 87.7 Å². The molecule has 2 aromatic heterocycles. The van der Waals surface area contributed by atoms with Crippen molar-refractivity contribution in [1.82, 2.24) is 15.0 Å². The van der Waals surface area contributed by atoms with Crippen molar-refractivity contribution < 1.29 is 9.18 Å². The van der Waals surface area contributed by atoms with E-state index in [1.807, 2.05) is 0 Å². The molecule has 0 spiro atoms. The number of carbonyl (C=O) groups is 1. The zero-order chi connectivity index (χ0) is 18.5. The monoisotopic (exact) mass is 390 g/mol. The van der Waals surface area contributed by atoms with Gasteiger partial charge in [-0.25, -0.2) is 14.4 Å². The van der Waals surface area contributed by atoms with E-state index in [0.717, 1.165) is 16.6 Å². The molecule has 3 rings (SSSR count). The van der Waals surface area contributed by atoms with Gasteiger partial charge in [-0.05, 0) is 18.6 Å². The summed E-state index contributed by atoms with van der Waals surface area (Å²) in [4.78, 5) is 35.1. The lowest BCUT2D eigenvalue weighted by Crippen LogP contribution is -2.15. The van der Waals surface area contributed by atoms with Crippen LogP contribution in [0.25, 0.3) is 0 Å². The maximum atomic E-state index is 13.7. The Bertz CT molecular complexity index is 987. The van der Waals surface area contributed by atoms with Gasteiger partial charge in [0, 0.05) is 29.3 Å². The first-order valence-electron chi connectivity index (χ1n) is 7.68. The second kappa shape index (κ2) is 8.24. The Balaban J connectivity index is 1.56. The predicted octanol–water partition coefficient (Wildman–Crippen LogP) is 3.00. The fraction of sp³-hybridized carbons (Fsp3) is 0.176. The Hall–Kier alpha value is -2.52. The number of aromatic nitrogens is 3. The summed E-state index contributed by atoms with van der Waals surface area (Å²) in [6.45, 7) is 1.71. The summed E-state index contributed by atoms with van der Waals surface area (Å²) in [5.74, 6) is -0.428. The number of carbonyl (C=O) groups excluding carboxylic acids is 1. The van der Waals surface area contributed by atoms with Crippen molar-refractivity contribution in [2.75, 3.05) is 11.1 Å². The number of aryl methyl sites for hydroxylation is 1. The number of nitrogens with zero attached hydrogens (tertiary/aromatic N) is 2. The zero-order valence-corrected chi connectivity index (χ0v) is 15.4. The molecule has 2 heterocycles. The van der Waals surface area contributed by atoms with Gasteiger partial charge in [-0.2, -0.15) is 0 Å². The fourth-order valence-electron chi connectivity index (χ4n) is 2.19. The van der Waals surface area contributed by atoms with Crippen LogP contribution in [0, 0.1) is 12.7 Å². The summed E-state index contributed by atoms with van der Waals surface area (Å²) >= 11 is 2.43. The minimum absolute atomic E-state index is 0.0919. The van der Waals surface area contributed by atoms with Crippen LogP contribution in [0.15, 0.2) is 46.5 Å². The Morgan fingerprint density at radius 1 is 1.38 bits per heavy atom. The van der Waals surface area contributed by atoms with E-state index in [2.05, 4.69) is 20.3 Å². The number of aromatic amines is 1. The van der Waals surface area contributed by atoms with Crippen LogP contribution in [0.3, 0.4) is 0 Å². The van der Waals surface area contributed by atoms with Crippen molar-refractivity contribution in [3.05, 3.63) is 68.8 Å². The van der Waals surface area contributed by atoms with Crippen LogP contribution < -0.4 is 10.9 Å². The molecule has 0 unspecified atom stereocenters. The highest BCUT2D eigenvalue weighted by atomic mass is 32.2. The first-order valence-corrected chi connectivity index (χ1v) is 9.48. The molecule has 1 aromatic carbocycles. The van der Waals surface area contributed by atoms with Gasteiger partial charge in [0.05, 0.1) is 5.75 Å². The molecule has 0 aliphatic rings. The van der Waals surface area contributed by atoms with Crippen LogP contribution >= 0.6 is 23.1 Å². The molecule has 0 aliphatic heterocycles. The summed E-state index contributed by atoms with van der Waals surface area (Å²) < 4.78 is 13.7. The number of amides is 1. The number of hydrogen-bond donors (Lipinski definition) is 2. The van der Waals surface area contributed by atoms with Gasteiger partial charge >= 0.3 is 0 Å². The standard InChI is InChI=1S/C17H15FN4O2S2/c1-10-6-14(23)21-17(20-10)25-9-15(24)22-16-19-8-12(26-16)7-11-4-2-3-5-13(11)18/h2-6,8H,7,9H2,1H3,(H,19,22,24)(H,20,21,23). The maximum absolute atomic E-state index is 13.7. The SMILES string of the molecule is Cc1cc(=O)[nH]c(SCC(=O)Nc2ncc(Cc3ccccc3F)s2)n1. The lowest BCUT2D eigenvalue weighted by atomic mass is 10.1. The number of hydrogen-bond acceptors (Lipinski definition) is 6. The molecule has 134 valence electrons. The highest BCUT2D eigenvalue weighted by Gasteiger charge is 2.10. The normalized spacial score (nSPS) is 10.7. The first-order chi connectivity index (χ1) is 12.5. The summed E-state index contributed by atoms with van der Waals surface area (Å²) in [6.07, 6.45) is 2.04. The van der Waals surface area contributed by atoms with Gasteiger partial charge in [0.2, 0.25) is 5.91 Å². The first kappa shape index (κ1) is 18.3. The lowest BCUT2D eigenvalue weighted by molar-refractivity contribution is -0.113. The molecular formula is C17H15FN4O2S2. The van der Waals surface area contributed by atoms with Crippen molar-refractivity contribution >= 4 is 34.1 Å². The van der Waals surface area contributed by atoms with Crippen LogP contribution in [-0.4, -0.2) is 26.6 Å². The molecule has 3 aromatic rings. The van der Waals surface area contributed by atoms with E-state index in [1.54, 1.807) is 31.3 Å². The van der Waals surface area contributed by atoms with Gasteiger partial charge < -0.3 is 10.3 Å². The van der Waals surface area contributed by atoms with Crippen LogP contribution in [0.2, 0.25) is 0 Å². The minimum atomic E-state index is -0.262. The van der Waals surface area contributed by atoms with Gasteiger partial charge in [-0.3, -0.25) is 9.59 Å². The Kier molecular flexibility index (Phi) is 5.79. The van der Waals surface area contributed by atoms with Crippen molar-refractivity contribution in [2.45, 2.75) is 18.5 Å². The predicted molar refractivity (Wildman–Crippen MR) is 100 cm³/mol. The zero-order valence-electron chi connectivity index (χ0n) is 13.8. The number of benzene rings is 1. The number of halogens is 1. The third-order valence-electron chi connectivity index (χ3n) is 3.31. The van der Waals surface area contributed by atoms with E-state index in [0.29, 0.717) is 28.0 Å². The second-order valence-electron chi connectivity index (χ2n) is 5.43. The molecule has 0 bridgehead atoms. The average molecular weight is 390 g/mol. The molecule has 26 heavy (non-hydrogen) atoms. The van der Waals surface area contributed by atoms with Crippen molar-refractivity contribution in [1.29, 1.82) is 0 Å². The highest BCUT2D eigenvalue weighted by Crippen LogP contribution is 2.22. The number of thioether (sulfide) groups is 1. The second-order valence-corrected chi connectivity index (χ2v) is 7.51. The maximum Gasteiger partial charge on any atom is 0.251 e. The van der Waals surface area contributed by atoms with E-state index < -0.39 is 0 Å².